The van der Waals surface area contributed by atoms with Crippen molar-refractivity contribution in [2.24, 2.45) is 5.73 Å². The van der Waals surface area contributed by atoms with E-state index >= 15 is 0 Å². The van der Waals surface area contributed by atoms with Crippen LogP contribution in [-0.4, -0.2) is 25.6 Å². The predicted octanol–water partition coefficient (Wildman–Crippen LogP) is 1.54. The molecular formula is C14H22N2O2. The first-order valence-electron chi connectivity index (χ1n) is 6.30. The van der Waals surface area contributed by atoms with E-state index in [2.05, 4.69) is 5.32 Å². The first-order valence-corrected chi connectivity index (χ1v) is 6.30. The molecule has 1 rings (SSSR count). The molecule has 0 fully saturated rings. The SMILES string of the molecule is Cc1ccc(OCC(=O)NCCCCN)c(C)c1. The number of nitrogens with one attached hydrogen (secondary N) is 1. The molecule has 4 heteroatoms. The van der Waals surface area contributed by atoms with E-state index in [-0.39, 0.29) is 12.5 Å². The van der Waals surface area contributed by atoms with Crippen LogP contribution in [0, 0.1) is 13.8 Å². The molecule has 1 aromatic rings. The molecule has 0 aliphatic carbocycles. The van der Waals surface area contributed by atoms with Crippen molar-refractivity contribution in [3.05, 3.63) is 29.3 Å². The van der Waals surface area contributed by atoms with E-state index in [0.717, 1.165) is 24.2 Å². The molecule has 0 saturated heterocycles. The Kier molecular flexibility index (Phi) is 6.22. The van der Waals surface area contributed by atoms with Crippen molar-refractivity contribution >= 4 is 5.91 Å². The average molecular weight is 250 g/mol. The van der Waals surface area contributed by atoms with Crippen molar-refractivity contribution in [1.29, 1.82) is 0 Å². The maximum Gasteiger partial charge on any atom is 0.257 e. The Morgan fingerprint density at radius 1 is 1.33 bits per heavy atom. The molecule has 3 N–H and O–H groups in total. The van der Waals surface area contributed by atoms with E-state index in [0.29, 0.717) is 13.1 Å². The van der Waals surface area contributed by atoms with Gasteiger partial charge >= 0.3 is 0 Å². The van der Waals surface area contributed by atoms with Crippen LogP contribution < -0.4 is 15.8 Å². The Balaban J connectivity index is 2.29. The number of benzene rings is 1. The van der Waals surface area contributed by atoms with Gasteiger partial charge in [-0.3, -0.25) is 4.79 Å². The number of aryl methyl sites for hydroxylation is 2. The van der Waals surface area contributed by atoms with Gasteiger partial charge in [-0.25, -0.2) is 0 Å². The molecule has 4 nitrogen and oxygen atoms in total. The number of amides is 1. The summed E-state index contributed by atoms with van der Waals surface area (Å²) in [5, 5.41) is 2.80. The second-order valence-electron chi connectivity index (χ2n) is 4.40. The lowest BCUT2D eigenvalue weighted by Crippen LogP contribution is -2.30. The first-order chi connectivity index (χ1) is 8.63. The van der Waals surface area contributed by atoms with Gasteiger partial charge in [0.25, 0.3) is 5.91 Å². The molecule has 0 aliphatic rings. The van der Waals surface area contributed by atoms with Crippen LogP contribution in [0.5, 0.6) is 5.75 Å². The highest BCUT2D eigenvalue weighted by Crippen LogP contribution is 2.18. The van der Waals surface area contributed by atoms with Crippen molar-refractivity contribution in [1.82, 2.24) is 5.32 Å². The minimum Gasteiger partial charge on any atom is -0.484 e. The van der Waals surface area contributed by atoms with E-state index in [4.69, 9.17) is 10.5 Å². The topological polar surface area (TPSA) is 64.3 Å². The molecule has 0 aromatic heterocycles. The zero-order valence-corrected chi connectivity index (χ0v) is 11.2. The van der Waals surface area contributed by atoms with E-state index in [1.54, 1.807) is 0 Å². The van der Waals surface area contributed by atoms with Gasteiger partial charge in [-0.2, -0.15) is 0 Å². The van der Waals surface area contributed by atoms with Gasteiger partial charge in [0.15, 0.2) is 6.61 Å². The first kappa shape index (κ1) is 14.5. The fraction of sp³-hybridized carbons (Fsp3) is 0.500. The lowest BCUT2D eigenvalue weighted by Gasteiger charge is -2.10. The van der Waals surface area contributed by atoms with Crippen molar-refractivity contribution in [3.8, 4) is 5.75 Å². The molecule has 0 spiro atoms. The molecule has 1 amide bonds. The van der Waals surface area contributed by atoms with Crippen LogP contribution in [0.3, 0.4) is 0 Å². The summed E-state index contributed by atoms with van der Waals surface area (Å²) in [4.78, 5) is 11.5. The van der Waals surface area contributed by atoms with Gasteiger partial charge in [-0.05, 0) is 44.9 Å². The quantitative estimate of drug-likeness (QED) is 0.721. The normalized spacial score (nSPS) is 10.2. The van der Waals surface area contributed by atoms with Gasteiger partial charge in [-0.1, -0.05) is 17.7 Å². The highest BCUT2D eigenvalue weighted by atomic mass is 16.5. The number of hydrogen-bond donors (Lipinski definition) is 2. The molecule has 0 radical (unpaired) electrons. The van der Waals surface area contributed by atoms with Crippen LogP contribution in [0.2, 0.25) is 0 Å². The summed E-state index contributed by atoms with van der Waals surface area (Å²) in [5.41, 5.74) is 7.60. The van der Waals surface area contributed by atoms with Gasteiger partial charge < -0.3 is 15.8 Å². The molecule has 0 bridgehead atoms. The third kappa shape index (κ3) is 5.19. The van der Waals surface area contributed by atoms with Gasteiger partial charge in [0.2, 0.25) is 0 Å². The van der Waals surface area contributed by atoms with Crippen LogP contribution >= 0.6 is 0 Å². The van der Waals surface area contributed by atoms with E-state index < -0.39 is 0 Å². The molecule has 18 heavy (non-hydrogen) atoms. The standard InChI is InChI=1S/C14H22N2O2/c1-11-5-6-13(12(2)9-11)18-10-14(17)16-8-4-3-7-15/h5-6,9H,3-4,7-8,10,15H2,1-2H3,(H,16,17). The summed E-state index contributed by atoms with van der Waals surface area (Å²) < 4.78 is 5.47. The summed E-state index contributed by atoms with van der Waals surface area (Å²) in [6.45, 7) is 5.39. The van der Waals surface area contributed by atoms with Gasteiger partial charge in [0, 0.05) is 6.54 Å². The Labute approximate surface area is 109 Å². The van der Waals surface area contributed by atoms with Crippen molar-refractivity contribution < 1.29 is 9.53 Å². The van der Waals surface area contributed by atoms with Crippen molar-refractivity contribution in [3.63, 3.8) is 0 Å². The molecular weight excluding hydrogens is 228 g/mol. The molecule has 0 aliphatic heterocycles. The van der Waals surface area contributed by atoms with Crippen molar-refractivity contribution in [2.75, 3.05) is 19.7 Å². The number of rotatable bonds is 7. The lowest BCUT2D eigenvalue weighted by atomic mass is 10.1. The number of hydrogen-bond acceptors (Lipinski definition) is 3. The predicted molar refractivity (Wildman–Crippen MR) is 72.7 cm³/mol. The summed E-state index contributed by atoms with van der Waals surface area (Å²) in [7, 11) is 0. The van der Waals surface area contributed by atoms with Crippen LogP contribution in [0.4, 0.5) is 0 Å². The highest BCUT2D eigenvalue weighted by Gasteiger charge is 2.04. The van der Waals surface area contributed by atoms with Crippen molar-refractivity contribution in [2.45, 2.75) is 26.7 Å². The fourth-order valence-corrected chi connectivity index (χ4v) is 1.65. The summed E-state index contributed by atoms with van der Waals surface area (Å²) >= 11 is 0. The van der Waals surface area contributed by atoms with Crippen LogP contribution in [0.1, 0.15) is 24.0 Å². The third-order valence-corrected chi connectivity index (χ3v) is 2.64. The summed E-state index contributed by atoms with van der Waals surface area (Å²) in [6, 6.07) is 5.91. The Morgan fingerprint density at radius 3 is 2.78 bits per heavy atom. The monoisotopic (exact) mass is 250 g/mol. The van der Waals surface area contributed by atoms with Crippen LogP contribution in [0.15, 0.2) is 18.2 Å². The Morgan fingerprint density at radius 2 is 2.11 bits per heavy atom. The lowest BCUT2D eigenvalue weighted by molar-refractivity contribution is -0.123. The van der Waals surface area contributed by atoms with Gasteiger partial charge in [-0.15, -0.1) is 0 Å². The maximum absolute atomic E-state index is 11.5. The minimum atomic E-state index is -0.0907. The van der Waals surface area contributed by atoms with Gasteiger partial charge in [0.1, 0.15) is 5.75 Å². The minimum absolute atomic E-state index is 0.0620. The summed E-state index contributed by atoms with van der Waals surface area (Å²) in [6.07, 6.45) is 1.84. The van der Waals surface area contributed by atoms with E-state index in [1.807, 2.05) is 32.0 Å². The zero-order chi connectivity index (χ0) is 13.4. The smallest absolute Gasteiger partial charge is 0.257 e. The van der Waals surface area contributed by atoms with Gasteiger partial charge in [0.05, 0.1) is 0 Å². The second kappa shape index (κ2) is 7.71. The highest BCUT2D eigenvalue weighted by molar-refractivity contribution is 5.77. The summed E-state index contributed by atoms with van der Waals surface area (Å²) in [5.74, 6) is 0.671. The number of unbranched alkanes of at least 4 members (excludes halogenated alkanes) is 1. The number of ether oxygens (including phenoxy) is 1. The van der Waals surface area contributed by atoms with E-state index in [9.17, 15) is 4.79 Å². The number of carbonyl (C=O) groups excluding carboxylic acids is 1. The molecule has 1 aromatic carbocycles. The molecule has 0 unspecified atom stereocenters. The number of nitrogens with two attached hydrogens (primary N) is 1. The van der Waals surface area contributed by atoms with Crippen LogP contribution in [-0.2, 0) is 4.79 Å². The second-order valence-corrected chi connectivity index (χ2v) is 4.40. The zero-order valence-electron chi connectivity index (χ0n) is 11.2. The molecule has 100 valence electrons. The largest absolute Gasteiger partial charge is 0.484 e. The number of carbonyl (C=O) groups is 1. The Bertz CT molecular complexity index is 391. The van der Waals surface area contributed by atoms with Crippen LogP contribution in [0.25, 0.3) is 0 Å². The fourth-order valence-electron chi connectivity index (χ4n) is 1.65. The molecule has 0 heterocycles. The molecule has 0 atom stereocenters. The van der Waals surface area contributed by atoms with E-state index in [1.165, 1.54) is 5.56 Å². The average Bonchev–Trinajstić information content (AvgIpc) is 2.33. The molecule has 0 saturated carbocycles. The maximum atomic E-state index is 11.5. The Hall–Kier alpha value is -1.55. The third-order valence-electron chi connectivity index (χ3n) is 2.64.